The molecular formula is C18H23N2O2S+. The number of ether oxygens (including phenoxy) is 1. The number of aryl methyl sites for hydroxylation is 1. The SMILES string of the molecule is COc1ccc(C)cc1NC(=O)C[NH+]1CCc2sccc2[C@H]1C. The molecule has 122 valence electrons. The molecule has 0 fully saturated rings. The first-order valence-corrected chi connectivity index (χ1v) is 8.81. The van der Waals surface area contributed by atoms with Gasteiger partial charge in [-0.2, -0.15) is 0 Å². The van der Waals surface area contributed by atoms with E-state index in [0.717, 1.165) is 24.2 Å². The van der Waals surface area contributed by atoms with E-state index in [2.05, 4.69) is 23.7 Å². The van der Waals surface area contributed by atoms with E-state index in [1.54, 1.807) is 7.11 Å². The van der Waals surface area contributed by atoms with Crippen LogP contribution >= 0.6 is 11.3 Å². The molecule has 1 aliphatic rings. The van der Waals surface area contributed by atoms with Gasteiger partial charge in [-0.15, -0.1) is 11.3 Å². The number of rotatable bonds is 4. The highest BCUT2D eigenvalue weighted by atomic mass is 32.1. The molecule has 5 heteroatoms. The lowest BCUT2D eigenvalue weighted by Crippen LogP contribution is -3.14. The third-order valence-corrected chi connectivity index (χ3v) is 5.55. The van der Waals surface area contributed by atoms with E-state index >= 15 is 0 Å². The zero-order valence-corrected chi connectivity index (χ0v) is 14.6. The van der Waals surface area contributed by atoms with Crippen LogP contribution in [0, 0.1) is 6.92 Å². The number of carbonyl (C=O) groups excluding carboxylic acids is 1. The van der Waals surface area contributed by atoms with E-state index in [4.69, 9.17) is 4.74 Å². The van der Waals surface area contributed by atoms with Crippen molar-refractivity contribution in [3.63, 3.8) is 0 Å². The maximum Gasteiger partial charge on any atom is 0.279 e. The zero-order valence-electron chi connectivity index (χ0n) is 13.8. The molecular weight excluding hydrogens is 308 g/mol. The predicted octanol–water partition coefficient (Wildman–Crippen LogP) is 2.21. The van der Waals surface area contributed by atoms with Crippen LogP contribution in [0.3, 0.4) is 0 Å². The van der Waals surface area contributed by atoms with E-state index < -0.39 is 0 Å². The summed E-state index contributed by atoms with van der Waals surface area (Å²) in [7, 11) is 1.62. The van der Waals surface area contributed by atoms with Crippen LogP contribution in [-0.4, -0.2) is 26.1 Å². The van der Waals surface area contributed by atoms with E-state index in [0.29, 0.717) is 18.3 Å². The Balaban J connectivity index is 1.68. The van der Waals surface area contributed by atoms with Gasteiger partial charge in [0.1, 0.15) is 11.8 Å². The van der Waals surface area contributed by atoms with Gasteiger partial charge in [0, 0.05) is 16.9 Å². The highest BCUT2D eigenvalue weighted by molar-refractivity contribution is 7.10. The Morgan fingerprint density at radius 1 is 1.43 bits per heavy atom. The fourth-order valence-electron chi connectivity index (χ4n) is 3.21. The van der Waals surface area contributed by atoms with Crippen molar-refractivity contribution >= 4 is 22.9 Å². The number of fused-ring (bicyclic) bond motifs is 1. The Morgan fingerprint density at radius 3 is 3.04 bits per heavy atom. The number of hydrogen-bond donors (Lipinski definition) is 2. The molecule has 3 rings (SSSR count). The molecule has 1 aromatic carbocycles. The molecule has 2 aromatic rings. The Labute approximate surface area is 141 Å². The molecule has 2 atom stereocenters. The minimum absolute atomic E-state index is 0.0365. The monoisotopic (exact) mass is 331 g/mol. The second-order valence-electron chi connectivity index (χ2n) is 6.11. The fraction of sp³-hybridized carbons (Fsp3) is 0.389. The van der Waals surface area contributed by atoms with E-state index in [1.807, 2.05) is 36.5 Å². The summed E-state index contributed by atoms with van der Waals surface area (Å²) in [5.74, 6) is 0.736. The Kier molecular flexibility index (Phi) is 4.68. The van der Waals surface area contributed by atoms with Crippen LogP contribution in [0.15, 0.2) is 29.6 Å². The number of quaternary nitrogens is 1. The molecule has 0 aliphatic carbocycles. The van der Waals surface area contributed by atoms with Crippen LogP contribution in [-0.2, 0) is 11.2 Å². The first-order valence-electron chi connectivity index (χ1n) is 7.94. The van der Waals surface area contributed by atoms with Gasteiger partial charge in [-0.1, -0.05) is 6.07 Å². The third kappa shape index (κ3) is 3.41. The quantitative estimate of drug-likeness (QED) is 0.902. The highest BCUT2D eigenvalue weighted by Gasteiger charge is 2.29. The molecule has 0 radical (unpaired) electrons. The summed E-state index contributed by atoms with van der Waals surface area (Å²) < 4.78 is 5.33. The maximum atomic E-state index is 12.5. The van der Waals surface area contributed by atoms with E-state index in [1.165, 1.54) is 15.3 Å². The fourth-order valence-corrected chi connectivity index (χ4v) is 4.19. The molecule has 0 spiro atoms. The van der Waals surface area contributed by atoms with Crippen molar-refractivity contribution in [2.75, 3.05) is 25.5 Å². The van der Waals surface area contributed by atoms with Gasteiger partial charge in [0.25, 0.3) is 5.91 Å². The summed E-state index contributed by atoms with van der Waals surface area (Å²) in [5, 5.41) is 5.16. The van der Waals surface area contributed by atoms with Crippen LogP contribution in [0.2, 0.25) is 0 Å². The molecule has 0 bridgehead atoms. The molecule has 0 saturated carbocycles. The lowest BCUT2D eigenvalue weighted by Gasteiger charge is -2.30. The minimum Gasteiger partial charge on any atom is -0.495 e. The predicted molar refractivity (Wildman–Crippen MR) is 93.5 cm³/mol. The number of thiophene rings is 1. The molecule has 2 heterocycles. The van der Waals surface area contributed by atoms with Crippen molar-refractivity contribution in [2.45, 2.75) is 26.3 Å². The first kappa shape index (κ1) is 16.0. The van der Waals surface area contributed by atoms with Crippen molar-refractivity contribution in [3.8, 4) is 5.75 Å². The Hall–Kier alpha value is -1.85. The van der Waals surface area contributed by atoms with Gasteiger partial charge >= 0.3 is 0 Å². The summed E-state index contributed by atoms with van der Waals surface area (Å²) in [5.41, 5.74) is 3.25. The van der Waals surface area contributed by atoms with Gasteiger partial charge in [-0.3, -0.25) is 4.79 Å². The molecule has 4 nitrogen and oxygen atoms in total. The lowest BCUT2D eigenvalue weighted by atomic mass is 10.0. The smallest absolute Gasteiger partial charge is 0.279 e. The van der Waals surface area contributed by atoms with Crippen LogP contribution in [0.5, 0.6) is 5.75 Å². The van der Waals surface area contributed by atoms with Gasteiger partial charge in [0.2, 0.25) is 0 Å². The zero-order chi connectivity index (χ0) is 16.4. The number of methoxy groups -OCH3 is 1. The first-order chi connectivity index (χ1) is 11.1. The average Bonchev–Trinajstić information content (AvgIpc) is 3.00. The highest BCUT2D eigenvalue weighted by Crippen LogP contribution is 2.26. The van der Waals surface area contributed by atoms with Gasteiger partial charge in [0.05, 0.1) is 19.3 Å². The van der Waals surface area contributed by atoms with E-state index in [-0.39, 0.29) is 5.91 Å². The summed E-state index contributed by atoms with van der Waals surface area (Å²) in [6.45, 7) is 5.70. The number of hydrogen-bond acceptors (Lipinski definition) is 3. The summed E-state index contributed by atoms with van der Waals surface area (Å²) in [6, 6.07) is 8.38. The van der Waals surface area contributed by atoms with Crippen molar-refractivity contribution < 1.29 is 14.4 Å². The lowest BCUT2D eigenvalue weighted by molar-refractivity contribution is -0.923. The standard InChI is InChI=1S/C18H22N2O2S/c1-12-4-5-16(22-3)15(10-12)19-18(21)11-20-8-6-17-14(13(20)2)7-9-23-17/h4-5,7,9-10,13H,6,8,11H2,1-3H3,(H,19,21)/p+1/t13-/m1/s1. The van der Waals surface area contributed by atoms with Crippen molar-refractivity contribution in [2.24, 2.45) is 0 Å². The normalized spacial score (nSPS) is 20.0. The van der Waals surface area contributed by atoms with Crippen molar-refractivity contribution in [3.05, 3.63) is 45.6 Å². The minimum atomic E-state index is 0.0365. The van der Waals surface area contributed by atoms with Gasteiger partial charge in [-0.05, 0) is 43.0 Å². The van der Waals surface area contributed by atoms with Gasteiger partial charge in [-0.25, -0.2) is 0 Å². The Bertz CT molecular complexity index is 711. The number of benzene rings is 1. The number of nitrogens with one attached hydrogen (secondary N) is 2. The van der Waals surface area contributed by atoms with Gasteiger partial charge < -0.3 is 15.0 Å². The van der Waals surface area contributed by atoms with Crippen LogP contribution in [0.1, 0.15) is 29.0 Å². The molecule has 1 unspecified atom stereocenters. The summed E-state index contributed by atoms with van der Waals surface area (Å²) in [4.78, 5) is 15.3. The largest absolute Gasteiger partial charge is 0.495 e. The number of anilines is 1. The summed E-state index contributed by atoms with van der Waals surface area (Å²) in [6.07, 6.45) is 1.06. The van der Waals surface area contributed by atoms with Crippen molar-refractivity contribution in [1.82, 2.24) is 0 Å². The maximum absolute atomic E-state index is 12.5. The number of amides is 1. The molecule has 1 amide bonds. The second kappa shape index (κ2) is 6.72. The van der Waals surface area contributed by atoms with Gasteiger partial charge in [0.15, 0.2) is 6.54 Å². The van der Waals surface area contributed by atoms with E-state index in [9.17, 15) is 4.79 Å². The van der Waals surface area contributed by atoms with Crippen LogP contribution in [0.25, 0.3) is 0 Å². The number of carbonyl (C=O) groups is 1. The van der Waals surface area contributed by atoms with Crippen LogP contribution in [0.4, 0.5) is 5.69 Å². The van der Waals surface area contributed by atoms with Crippen LogP contribution < -0.4 is 15.0 Å². The molecule has 0 saturated heterocycles. The molecule has 1 aliphatic heterocycles. The average molecular weight is 331 g/mol. The Morgan fingerprint density at radius 2 is 2.26 bits per heavy atom. The molecule has 1 aromatic heterocycles. The second-order valence-corrected chi connectivity index (χ2v) is 7.11. The topological polar surface area (TPSA) is 42.8 Å². The third-order valence-electron chi connectivity index (χ3n) is 4.55. The molecule has 23 heavy (non-hydrogen) atoms. The summed E-state index contributed by atoms with van der Waals surface area (Å²) >= 11 is 1.83. The van der Waals surface area contributed by atoms with Crippen molar-refractivity contribution in [1.29, 1.82) is 0 Å². The molecule has 2 N–H and O–H groups in total.